The highest BCUT2D eigenvalue weighted by Gasteiger charge is 2.32. The van der Waals surface area contributed by atoms with Gasteiger partial charge in [0.15, 0.2) is 0 Å². The van der Waals surface area contributed by atoms with E-state index in [-0.39, 0.29) is 24.1 Å². The second-order valence-corrected chi connectivity index (χ2v) is 5.77. The van der Waals surface area contributed by atoms with E-state index in [1.54, 1.807) is 0 Å². The van der Waals surface area contributed by atoms with Gasteiger partial charge in [-0.15, -0.1) is 0 Å². The number of carbonyl (C=O) groups is 1. The summed E-state index contributed by atoms with van der Waals surface area (Å²) < 4.78 is 0. The number of hydrogen-bond donors (Lipinski definition) is 2. The Labute approximate surface area is 104 Å². The molecule has 1 aliphatic heterocycles. The molecule has 0 saturated carbocycles. The van der Waals surface area contributed by atoms with Crippen LogP contribution in [0.4, 0.5) is 0 Å². The van der Waals surface area contributed by atoms with Crippen LogP contribution in [0, 0.1) is 5.92 Å². The molecule has 0 spiro atoms. The summed E-state index contributed by atoms with van der Waals surface area (Å²) in [7, 11) is 0. The molecule has 1 fully saturated rings. The van der Waals surface area contributed by atoms with Crippen LogP contribution in [0.5, 0.6) is 0 Å². The Kier molecular flexibility index (Phi) is 4.95. The van der Waals surface area contributed by atoms with E-state index >= 15 is 0 Å². The van der Waals surface area contributed by atoms with Crippen molar-refractivity contribution < 1.29 is 9.90 Å². The average molecular weight is 242 g/mol. The van der Waals surface area contributed by atoms with Crippen LogP contribution in [0.3, 0.4) is 0 Å². The topological polar surface area (TPSA) is 52.6 Å². The van der Waals surface area contributed by atoms with Crippen LogP contribution in [0.25, 0.3) is 0 Å². The lowest BCUT2D eigenvalue weighted by Gasteiger charge is -2.28. The van der Waals surface area contributed by atoms with Crippen molar-refractivity contribution in [3.8, 4) is 0 Å². The molecule has 1 saturated heterocycles. The van der Waals surface area contributed by atoms with Crippen molar-refractivity contribution >= 4 is 5.91 Å². The first-order chi connectivity index (χ1) is 7.89. The summed E-state index contributed by atoms with van der Waals surface area (Å²) in [6.07, 6.45) is 1.98. The summed E-state index contributed by atoms with van der Waals surface area (Å²) in [4.78, 5) is 14.0. The normalized spacial score (nSPS) is 26.2. The first-order valence-electron chi connectivity index (χ1n) is 6.55. The van der Waals surface area contributed by atoms with Gasteiger partial charge in [-0.05, 0) is 39.2 Å². The molecule has 1 rings (SSSR count). The van der Waals surface area contributed by atoms with Crippen LogP contribution >= 0.6 is 0 Å². The Hall–Kier alpha value is -0.610. The summed E-state index contributed by atoms with van der Waals surface area (Å²) >= 11 is 0. The zero-order chi connectivity index (χ0) is 13.1. The Morgan fingerprint density at radius 3 is 2.71 bits per heavy atom. The van der Waals surface area contributed by atoms with Gasteiger partial charge in [0.2, 0.25) is 5.91 Å². The van der Waals surface area contributed by atoms with Gasteiger partial charge in [0, 0.05) is 11.6 Å². The SMILES string of the molecule is CCC(C)(C)NC(=O)CN1CCC(C)C1CO. The van der Waals surface area contributed by atoms with Crippen LogP contribution in [-0.2, 0) is 4.79 Å². The molecular formula is C13H26N2O2. The molecule has 4 nitrogen and oxygen atoms in total. The first kappa shape index (κ1) is 14.5. The largest absolute Gasteiger partial charge is 0.395 e. The molecule has 0 radical (unpaired) electrons. The van der Waals surface area contributed by atoms with E-state index in [9.17, 15) is 9.90 Å². The van der Waals surface area contributed by atoms with Crippen molar-refractivity contribution in [2.75, 3.05) is 19.7 Å². The Bertz CT molecular complexity index is 266. The third-order valence-corrected chi connectivity index (χ3v) is 3.89. The summed E-state index contributed by atoms with van der Waals surface area (Å²) in [6, 6.07) is 0.144. The molecule has 4 heteroatoms. The van der Waals surface area contributed by atoms with E-state index in [0.29, 0.717) is 12.5 Å². The smallest absolute Gasteiger partial charge is 0.234 e. The molecule has 2 N–H and O–H groups in total. The zero-order valence-electron chi connectivity index (χ0n) is 11.5. The maximum absolute atomic E-state index is 11.9. The molecule has 1 amide bonds. The minimum absolute atomic E-state index is 0.0596. The molecule has 1 aliphatic rings. The van der Waals surface area contributed by atoms with Crippen LogP contribution in [0.2, 0.25) is 0 Å². The number of rotatable bonds is 5. The number of likely N-dealkylation sites (tertiary alicyclic amines) is 1. The molecule has 0 aliphatic carbocycles. The summed E-state index contributed by atoms with van der Waals surface area (Å²) in [5.41, 5.74) is -0.142. The number of nitrogens with one attached hydrogen (secondary N) is 1. The summed E-state index contributed by atoms with van der Waals surface area (Å²) in [5.74, 6) is 0.538. The fraction of sp³-hybridized carbons (Fsp3) is 0.923. The summed E-state index contributed by atoms with van der Waals surface area (Å²) in [5, 5.41) is 12.4. The average Bonchev–Trinajstić information content (AvgIpc) is 2.58. The molecule has 0 aromatic carbocycles. The standard InChI is InChI=1S/C13H26N2O2/c1-5-13(3,4)14-12(17)8-15-7-6-10(2)11(15)9-16/h10-11,16H,5-9H2,1-4H3,(H,14,17). The Morgan fingerprint density at radius 1 is 1.53 bits per heavy atom. The van der Waals surface area contributed by atoms with Gasteiger partial charge in [0.25, 0.3) is 0 Å². The monoisotopic (exact) mass is 242 g/mol. The molecule has 2 atom stereocenters. The van der Waals surface area contributed by atoms with Crippen LogP contribution in [0.1, 0.15) is 40.5 Å². The predicted octanol–water partition coefficient (Wildman–Crippen LogP) is 0.994. The first-order valence-corrected chi connectivity index (χ1v) is 6.55. The van der Waals surface area contributed by atoms with Crippen LogP contribution < -0.4 is 5.32 Å². The van der Waals surface area contributed by atoms with E-state index in [0.717, 1.165) is 19.4 Å². The van der Waals surface area contributed by atoms with Gasteiger partial charge in [-0.25, -0.2) is 0 Å². The Morgan fingerprint density at radius 2 is 2.18 bits per heavy atom. The predicted molar refractivity (Wildman–Crippen MR) is 68.7 cm³/mol. The van der Waals surface area contributed by atoms with Gasteiger partial charge < -0.3 is 10.4 Å². The lowest BCUT2D eigenvalue weighted by Crippen LogP contribution is -2.49. The Balaban J connectivity index is 2.46. The molecular weight excluding hydrogens is 216 g/mol. The number of aliphatic hydroxyl groups is 1. The molecule has 2 unspecified atom stereocenters. The number of amides is 1. The van der Waals surface area contributed by atoms with Crippen molar-refractivity contribution in [1.82, 2.24) is 10.2 Å². The quantitative estimate of drug-likeness (QED) is 0.756. The van der Waals surface area contributed by atoms with Crippen molar-refractivity contribution in [3.05, 3.63) is 0 Å². The highest BCUT2D eigenvalue weighted by Crippen LogP contribution is 2.23. The second-order valence-electron chi connectivity index (χ2n) is 5.77. The fourth-order valence-corrected chi connectivity index (χ4v) is 2.27. The molecule has 0 aromatic rings. The van der Waals surface area contributed by atoms with Gasteiger partial charge in [-0.2, -0.15) is 0 Å². The van der Waals surface area contributed by atoms with Crippen LogP contribution in [0.15, 0.2) is 0 Å². The number of nitrogens with zero attached hydrogens (tertiary/aromatic N) is 1. The van der Waals surface area contributed by atoms with Crippen molar-refractivity contribution in [3.63, 3.8) is 0 Å². The molecule has 0 bridgehead atoms. The van der Waals surface area contributed by atoms with Gasteiger partial charge in [0.05, 0.1) is 13.2 Å². The molecule has 17 heavy (non-hydrogen) atoms. The van der Waals surface area contributed by atoms with E-state index in [4.69, 9.17) is 0 Å². The van der Waals surface area contributed by atoms with E-state index in [1.807, 2.05) is 13.8 Å². The maximum atomic E-state index is 11.9. The van der Waals surface area contributed by atoms with E-state index in [2.05, 4.69) is 24.1 Å². The van der Waals surface area contributed by atoms with Gasteiger partial charge >= 0.3 is 0 Å². The van der Waals surface area contributed by atoms with Crippen molar-refractivity contribution in [1.29, 1.82) is 0 Å². The lowest BCUT2D eigenvalue weighted by atomic mass is 10.0. The second kappa shape index (κ2) is 5.83. The zero-order valence-corrected chi connectivity index (χ0v) is 11.5. The third kappa shape index (κ3) is 3.96. The van der Waals surface area contributed by atoms with Gasteiger partial charge in [-0.3, -0.25) is 9.69 Å². The highest BCUT2D eigenvalue weighted by molar-refractivity contribution is 5.78. The number of aliphatic hydroxyl groups excluding tert-OH is 1. The van der Waals surface area contributed by atoms with Crippen molar-refractivity contribution in [2.24, 2.45) is 5.92 Å². The molecule has 0 aromatic heterocycles. The maximum Gasteiger partial charge on any atom is 0.234 e. The third-order valence-electron chi connectivity index (χ3n) is 3.89. The van der Waals surface area contributed by atoms with Crippen molar-refractivity contribution in [2.45, 2.75) is 52.1 Å². The number of carbonyl (C=O) groups excluding carboxylic acids is 1. The van der Waals surface area contributed by atoms with Gasteiger partial charge in [-0.1, -0.05) is 13.8 Å². The molecule has 100 valence electrons. The number of hydrogen-bond acceptors (Lipinski definition) is 3. The van der Waals surface area contributed by atoms with E-state index < -0.39 is 0 Å². The summed E-state index contributed by atoms with van der Waals surface area (Å²) in [6.45, 7) is 9.71. The van der Waals surface area contributed by atoms with Crippen LogP contribution in [-0.4, -0.2) is 47.2 Å². The minimum atomic E-state index is -0.142. The lowest BCUT2D eigenvalue weighted by molar-refractivity contribution is -0.124. The minimum Gasteiger partial charge on any atom is -0.395 e. The molecule has 1 heterocycles. The fourth-order valence-electron chi connectivity index (χ4n) is 2.27. The van der Waals surface area contributed by atoms with E-state index in [1.165, 1.54) is 0 Å². The highest BCUT2D eigenvalue weighted by atomic mass is 16.3. The van der Waals surface area contributed by atoms with Gasteiger partial charge in [0.1, 0.15) is 0 Å².